The quantitative estimate of drug-likeness (QED) is 0.504. The zero-order valence-electron chi connectivity index (χ0n) is 14.7. The molecule has 0 aliphatic heterocycles. The first-order chi connectivity index (χ1) is 13.5. The molecule has 2 aromatic carbocycles. The molecule has 1 amide bonds. The van der Waals surface area contributed by atoms with Gasteiger partial charge in [-0.2, -0.15) is 0 Å². The van der Waals surface area contributed by atoms with Crippen LogP contribution in [-0.4, -0.2) is 40.0 Å². The van der Waals surface area contributed by atoms with Crippen molar-refractivity contribution in [3.05, 3.63) is 53.1 Å². The smallest absolute Gasteiger partial charge is 0.273 e. The van der Waals surface area contributed by atoms with Crippen LogP contribution in [0.3, 0.4) is 0 Å². The van der Waals surface area contributed by atoms with Gasteiger partial charge in [-0.25, -0.2) is 4.39 Å². The van der Waals surface area contributed by atoms with Crippen molar-refractivity contribution in [2.24, 2.45) is 5.18 Å². The van der Waals surface area contributed by atoms with E-state index >= 15 is 0 Å². The predicted octanol–water partition coefficient (Wildman–Crippen LogP) is 3.47. The summed E-state index contributed by atoms with van der Waals surface area (Å²) in [5.41, 5.74) is 0.112. The number of carbonyl (C=O) groups is 1. The number of nitroso groups, excluding NO2 is 1. The van der Waals surface area contributed by atoms with Gasteiger partial charge < -0.3 is 30.3 Å². The van der Waals surface area contributed by atoms with E-state index in [2.05, 4.69) is 15.7 Å². The van der Waals surface area contributed by atoms with Crippen molar-refractivity contribution in [1.82, 2.24) is 10.5 Å². The van der Waals surface area contributed by atoms with Gasteiger partial charge >= 0.3 is 0 Å². The Balaban J connectivity index is 0.00000300. The number of benzene rings is 2. The third-order valence-corrected chi connectivity index (χ3v) is 3.61. The molecule has 0 atom stereocenters. The van der Waals surface area contributed by atoms with E-state index in [1.807, 2.05) is 0 Å². The van der Waals surface area contributed by atoms with Crippen LogP contribution in [0, 0.1) is 4.91 Å². The summed E-state index contributed by atoms with van der Waals surface area (Å²) in [6.07, 6.45) is 0. The summed E-state index contributed by atoms with van der Waals surface area (Å²) in [5.74, 6) is -1.01. The average molecular weight is 404 g/mol. The van der Waals surface area contributed by atoms with E-state index in [9.17, 15) is 24.3 Å². The van der Waals surface area contributed by atoms with Crippen LogP contribution in [0.25, 0.3) is 11.3 Å². The number of phenolic OH excluding ortho intramolecular Hbond substituents is 2. The van der Waals surface area contributed by atoms with Gasteiger partial charge in [-0.15, -0.1) is 4.91 Å². The van der Waals surface area contributed by atoms with E-state index in [4.69, 9.17) is 9.26 Å². The number of amides is 1. The second kappa shape index (κ2) is 9.28. The zero-order valence-corrected chi connectivity index (χ0v) is 14.7. The number of carbonyl (C=O) groups excluding carboxylic acids is 1. The molecule has 1 heterocycles. The number of alkyl halides is 1. The number of nitrogens with one attached hydrogen (secondary N) is 1. The van der Waals surface area contributed by atoms with Crippen LogP contribution in [0.2, 0.25) is 0 Å². The molecule has 3 rings (SSSR count). The van der Waals surface area contributed by atoms with Gasteiger partial charge in [0.25, 0.3) is 5.91 Å². The monoisotopic (exact) mass is 404 g/mol. The Morgan fingerprint density at radius 1 is 1.21 bits per heavy atom. The lowest BCUT2D eigenvalue weighted by atomic mass is 10.1. The van der Waals surface area contributed by atoms with E-state index < -0.39 is 12.6 Å². The Hall–Kier alpha value is -3.99. The Morgan fingerprint density at radius 2 is 1.93 bits per heavy atom. The first-order valence-electron chi connectivity index (χ1n) is 8.00. The lowest BCUT2D eigenvalue weighted by molar-refractivity contribution is 0.0942. The normalized spacial score (nSPS) is 10.1. The van der Waals surface area contributed by atoms with Crippen LogP contribution >= 0.6 is 0 Å². The minimum absolute atomic E-state index is 0. The molecule has 11 heteroatoms. The van der Waals surface area contributed by atoms with Crippen molar-refractivity contribution in [3.8, 4) is 34.3 Å². The van der Waals surface area contributed by atoms with E-state index in [0.717, 1.165) is 6.07 Å². The van der Waals surface area contributed by atoms with Crippen molar-refractivity contribution in [2.75, 3.05) is 13.2 Å². The molecule has 10 nitrogen and oxygen atoms in total. The fraction of sp³-hybridized carbons (Fsp3) is 0.111. The average Bonchev–Trinajstić information content (AvgIpc) is 3.16. The van der Waals surface area contributed by atoms with Crippen molar-refractivity contribution in [3.63, 3.8) is 0 Å². The number of hydrogen-bond donors (Lipinski definition) is 3. The highest BCUT2D eigenvalue weighted by molar-refractivity contribution is 5.93. The number of phenols is 2. The second-order valence-electron chi connectivity index (χ2n) is 5.55. The maximum absolute atomic E-state index is 12.2. The summed E-state index contributed by atoms with van der Waals surface area (Å²) in [7, 11) is 0. The summed E-state index contributed by atoms with van der Waals surface area (Å²) in [4.78, 5) is 22.4. The first-order valence-corrected chi connectivity index (χ1v) is 8.00. The number of rotatable bonds is 7. The molecule has 0 aliphatic rings. The fourth-order valence-electron chi connectivity index (χ4n) is 2.37. The van der Waals surface area contributed by atoms with Crippen LogP contribution in [0.5, 0.6) is 23.0 Å². The van der Waals surface area contributed by atoms with Gasteiger partial charge in [0.05, 0.1) is 0 Å². The highest BCUT2D eigenvalue weighted by atomic mass is 19.1. The number of aromatic nitrogens is 1. The molecule has 0 bridgehead atoms. The number of halogens is 1. The molecule has 29 heavy (non-hydrogen) atoms. The standard InChI is InChI=1S/C18H14FN3O6.H2O/c19-5-6-20-18(25)13-9-16(28-22-13)17-14(24)7-11(23)8-15(17)27-12-3-1-10(21-26)2-4-12;/h1-4,7-9,23-24H,5-6H2,(H,20,25);1H2/p-1. The molecule has 0 saturated carbocycles. The third kappa shape index (κ3) is 4.84. The van der Waals surface area contributed by atoms with Crippen molar-refractivity contribution >= 4 is 11.6 Å². The van der Waals surface area contributed by atoms with Crippen molar-refractivity contribution in [2.45, 2.75) is 0 Å². The number of nitrogens with zero attached hydrogens (tertiary/aromatic N) is 2. The lowest BCUT2D eigenvalue weighted by Gasteiger charge is -2.11. The van der Waals surface area contributed by atoms with Gasteiger partial charge in [-0.05, 0) is 29.4 Å². The molecule has 152 valence electrons. The number of aromatic hydroxyl groups is 2. The highest BCUT2D eigenvalue weighted by Crippen LogP contribution is 2.43. The number of hydrogen-bond acceptors (Lipinski definition) is 9. The third-order valence-electron chi connectivity index (χ3n) is 3.61. The van der Waals surface area contributed by atoms with Crippen LogP contribution in [0.15, 0.2) is 52.2 Å². The summed E-state index contributed by atoms with van der Waals surface area (Å²) >= 11 is 0. The lowest BCUT2D eigenvalue weighted by Crippen LogP contribution is -2.25. The molecule has 0 spiro atoms. The minimum Gasteiger partial charge on any atom is -0.870 e. The molecule has 0 fully saturated rings. The molecule has 3 aromatic rings. The van der Waals surface area contributed by atoms with Gasteiger partial charge in [-0.1, -0.05) is 5.16 Å². The SMILES string of the molecule is O=Nc1ccc(Oc2cc(O)cc(O)c2-c2cc(C(=O)NCCF)no2)cc1.[OH-]. The molecule has 0 unspecified atom stereocenters. The first kappa shape index (κ1) is 21.3. The summed E-state index contributed by atoms with van der Waals surface area (Å²) in [6.45, 7) is -0.906. The molecule has 0 saturated heterocycles. The van der Waals surface area contributed by atoms with E-state index in [0.29, 0.717) is 5.75 Å². The Bertz CT molecular complexity index is 1010. The van der Waals surface area contributed by atoms with Crippen molar-refractivity contribution < 1.29 is 34.1 Å². The Morgan fingerprint density at radius 3 is 2.59 bits per heavy atom. The predicted molar refractivity (Wildman–Crippen MR) is 97.5 cm³/mol. The maximum atomic E-state index is 12.2. The second-order valence-corrected chi connectivity index (χ2v) is 5.55. The molecule has 1 aromatic heterocycles. The largest absolute Gasteiger partial charge is 0.870 e. The Kier molecular flexibility index (Phi) is 6.82. The highest BCUT2D eigenvalue weighted by Gasteiger charge is 2.21. The summed E-state index contributed by atoms with van der Waals surface area (Å²) in [5, 5.41) is 28.7. The number of ether oxygens (including phenoxy) is 1. The van der Waals surface area contributed by atoms with Gasteiger partial charge in [0.15, 0.2) is 11.5 Å². The molecule has 4 N–H and O–H groups in total. The van der Waals surface area contributed by atoms with Crippen LogP contribution in [-0.2, 0) is 0 Å². The van der Waals surface area contributed by atoms with Gasteiger partial charge in [0.1, 0.15) is 40.9 Å². The van der Waals surface area contributed by atoms with E-state index in [1.165, 1.54) is 36.4 Å². The molecule has 0 radical (unpaired) electrons. The summed E-state index contributed by atoms with van der Waals surface area (Å²) < 4.78 is 22.9. The van der Waals surface area contributed by atoms with Gasteiger partial charge in [0.2, 0.25) is 0 Å². The van der Waals surface area contributed by atoms with Crippen LogP contribution in [0.1, 0.15) is 10.5 Å². The topological polar surface area (TPSA) is 164 Å². The molecular formula is C18H15FN3O7-. The Labute approximate surface area is 162 Å². The van der Waals surface area contributed by atoms with Crippen LogP contribution in [0.4, 0.5) is 10.1 Å². The molecular weight excluding hydrogens is 389 g/mol. The minimum atomic E-state index is -0.731. The van der Waals surface area contributed by atoms with E-state index in [1.54, 1.807) is 0 Å². The zero-order chi connectivity index (χ0) is 20.1. The van der Waals surface area contributed by atoms with Gasteiger partial charge in [-0.3, -0.25) is 4.79 Å². The summed E-state index contributed by atoms with van der Waals surface area (Å²) in [6, 6.07) is 9.32. The fourth-order valence-corrected chi connectivity index (χ4v) is 2.37. The van der Waals surface area contributed by atoms with E-state index in [-0.39, 0.29) is 52.0 Å². The van der Waals surface area contributed by atoms with Crippen LogP contribution < -0.4 is 10.1 Å². The van der Waals surface area contributed by atoms with Gasteiger partial charge in [0, 0.05) is 24.7 Å². The van der Waals surface area contributed by atoms with Crippen molar-refractivity contribution in [1.29, 1.82) is 0 Å². The molecule has 0 aliphatic carbocycles. The maximum Gasteiger partial charge on any atom is 0.273 e.